The molecule has 0 saturated carbocycles. The predicted octanol–water partition coefficient (Wildman–Crippen LogP) is 6.20. The van der Waals surface area contributed by atoms with Gasteiger partial charge in [0.15, 0.2) is 17.6 Å². The van der Waals surface area contributed by atoms with Gasteiger partial charge in [0.2, 0.25) is 11.8 Å². The lowest BCUT2D eigenvalue weighted by Crippen LogP contribution is -2.13. The Morgan fingerprint density at radius 2 is 1.26 bits per heavy atom. The molecule has 38 heavy (non-hydrogen) atoms. The van der Waals surface area contributed by atoms with Crippen molar-refractivity contribution in [2.75, 3.05) is 35.5 Å². The molecular formula is C22H22Br3Cl2FN4O6. The zero-order valence-corrected chi connectivity index (χ0v) is 26.6. The van der Waals surface area contributed by atoms with Crippen LogP contribution in [0.15, 0.2) is 12.1 Å². The molecule has 2 heterocycles. The quantitative estimate of drug-likeness (QED) is 0.240. The number of hydrogen-bond donors (Lipinski definition) is 2. The number of carbonyl (C=O) groups excluding carboxylic acids is 4. The highest BCUT2D eigenvalue weighted by Gasteiger charge is 2.23. The van der Waals surface area contributed by atoms with Gasteiger partial charge >= 0.3 is 11.9 Å². The number of ether oxygens (including phenoxy) is 2. The highest BCUT2D eigenvalue weighted by atomic mass is 79.9. The predicted molar refractivity (Wildman–Crippen MR) is 153 cm³/mol. The molecule has 0 bridgehead atoms. The van der Waals surface area contributed by atoms with Crippen LogP contribution in [0.1, 0.15) is 57.2 Å². The minimum Gasteiger partial charge on any atom is -0.464 e. The second kappa shape index (κ2) is 16.3. The maximum Gasteiger partial charge on any atom is 0.358 e. The molecule has 2 aromatic heterocycles. The summed E-state index contributed by atoms with van der Waals surface area (Å²) in [6.07, 6.45) is -1.44. The summed E-state index contributed by atoms with van der Waals surface area (Å²) in [5, 5.41) is 5.52. The minimum atomic E-state index is -1.44. The van der Waals surface area contributed by atoms with E-state index in [4.69, 9.17) is 23.2 Å². The molecule has 0 saturated heterocycles. The largest absolute Gasteiger partial charge is 0.464 e. The fraction of sp³-hybridized carbons (Fsp3) is 0.364. The third kappa shape index (κ3) is 9.70. The van der Waals surface area contributed by atoms with Crippen LogP contribution in [-0.2, 0) is 19.1 Å². The molecule has 2 amide bonds. The molecule has 0 fully saturated rings. The number of alkyl halides is 4. The van der Waals surface area contributed by atoms with E-state index in [0.29, 0.717) is 16.7 Å². The number of amides is 2. The van der Waals surface area contributed by atoms with Gasteiger partial charge in [0.05, 0.1) is 51.9 Å². The number of rotatable bonds is 8. The van der Waals surface area contributed by atoms with Gasteiger partial charge in [-0.15, -0.1) is 0 Å². The summed E-state index contributed by atoms with van der Waals surface area (Å²) in [4.78, 5) is 53.2. The first-order valence-electron chi connectivity index (χ1n) is 10.3. The van der Waals surface area contributed by atoms with E-state index < -0.39 is 24.0 Å². The summed E-state index contributed by atoms with van der Waals surface area (Å²) >= 11 is 21.6. The van der Waals surface area contributed by atoms with Crippen molar-refractivity contribution in [2.24, 2.45) is 0 Å². The lowest BCUT2D eigenvalue weighted by Gasteiger charge is -2.13. The Morgan fingerprint density at radius 1 is 0.868 bits per heavy atom. The summed E-state index contributed by atoms with van der Waals surface area (Å²) in [6.45, 7) is 2.62. The topological polar surface area (TPSA) is 137 Å². The number of nitrogens with zero attached hydrogens (tertiary/aromatic N) is 2. The molecule has 0 aromatic carbocycles. The average molecular weight is 768 g/mol. The number of hydrogen-bond acceptors (Lipinski definition) is 8. The standard InChI is InChI=1S/C11H11Br2ClN2O3.C11H11BrClFN2O3/c1-5(17)15-8-3-7(6(13)4-12)16-10(9(8)14)11(18)19-2;1-5(17)15-8-3-7(6(14)4-12)16-10(9(8)13)11(18)19-2/h2*3,6H,4H2,1-2H3,(H,15,16,17). The number of methoxy groups -OCH3 is 2. The van der Waals surface area contributed by atoms with Gasteiger partial charge in [0, 0.05) is 24.5 Å². The van der Waals surface area contributed by atoms with E-state index in [9.17, 15) is 23.6 Å². The Hall–Kier alpha value is -1.87. The van der Waals surface area contributed by atoms with E-state index >= 15 is 0 Å². The fourth-order valence-electron chi connectivity index (χ4n) is 2.60. The first kappa shape index (κ1) is 34.2. The van der Waals surface area contributed by atoms with Crippen molar-refractivity contribution in [3.8, 4) is 0 Å². The number of carbonyl (C=O) groups is 4. The monoisotopic (exact) mass is 764 g/mol. The number of anilines is 2. The highest BCUT2D eigenvalue weighted by molar-refractivity contribution is 9.12. The summed E-state index contributed by atoms with van der Waals surface area (Å²) in [5.74, 6) is -2.16. The maximum atomic E-state index is 13.6. The molecular weight excluding hydrogens is 746 g/mol. The molecule has 0 radical (unpaired) electrons. The number of esters is 2. The minimum absolute atomic E-state index is 0.00174. The lowest BCUT2D eigenvalue weighted by molar-refractivity contribution is -0.115. The maximum absolute atomic E-state index is 13.6. The molecule has 10 nitrogen and oxygen atoms in total. The molecule has 2 aromatic rings. The van der Waals surface area contributed by atoms with Crippen LogP contribution in [0, 0.1) is 0 Å². The number of pyridine rings is 2. The summed E-state index contributed by atoms with van der Waals surface area (Å²) in [6, 6.07) is 2.89. The van der Waals surface area contributed by atoms with Gasteiger partial charge in [-0.1, -0.05) is 71.0 Å². The molecule has 16 heteroatoms. The van der Waals surface area contributed by atoms with Crippen molar-refractivity contribution in [1.82, 2.24) is 9.97 Å². The van der Waals surface area contributed by atoms with E-state index in [-0.39, 0.29) is 48.9 Å². The van der Waals surface area contributed by atoms with Crippen LogP contribution >= 0.6 is 71.0 Å². The van der Waals surface area contributed by atoms with Crippen molar-refractivity contribution in [2.45, 2.75) is 24.8 Å². The zero-order chi connectivity index (χ0) is 29.2. The Bertz CT molecular complexity index is 1120. The van der Waals surface area contributed by atoms with Crippen molar-refractivity contribution in [3.63, 3.8) is 0 Å². The van der Waals surface area contributed by atoms with E-state index in [1.54, 1.807) is 6.07 Å². The second-order valence-electron chi connectivity index (χ2n) is 7.10. The Balaban J connectivity index is 0.000000380. The molecule has 2 atom stereocenters. The summed E-state index contributed by atoms with van der Waals surface area (Å²) < 4.78 is 22.8. The van der Waals surface area contributed by atoms with Gasteiger partial charge in [0.1, 0.15) is 0 Å². The zero-order valence-electron chi connectivity index (χ0n) is 20.3. The fourth-order valence-corrected chi connectivity index (χ4v) is 3.94. The third-order valence-electron chi connectivity index (χ3n) is 4.25. The highest BCUT2D eigenvalue weighted by Crippen LogP contribution is 2.32. The van der Waals surface area contributed by atoms with Crippen molar-refractivity contribution < 1.29 is 33.0 Å². The van der Waals surface area contributed by atoms with E-state index in [1.165, 1.54) is 27.0 Å². The molecule has 0 aliphatic heterocycles. The molecule has 0 spiro atoms. The van der Waals surface area contributed by atoms with Gasteiger partial charge in [-0.05, 0) is 12.1 Å². The molecule has 2 unspecified atom stereocenters. The number of halogens is 6. The van der Waals surface area contributed by atoms with Crippen LogP contribution < -0.4 is 10.6 Å². The summed E-state index contributed by atoms with van der Waals surface area (Å²) in [7, 11) is 2.39. The SMILES string of the molecule is COC(=O)c1nc(C(Br)CBr)cc(NC(C)=O)c1Cl.COC(=O)c1nc(C(F)CBr)cc(NC(C)=O)c1Cl. The third-order valence-corrected chi connectivity index (χ3v) is 7.89. The van der Waals surface area contributed by atoms with Crippen LogP contribution in [0.3, 0.4) is 0 Å². The molecule has 0 aliphatic carbocycles. The number of nitrogens with one attached hydrogen (secondary N) is 2. The van der Waals surface area contributed by atoms with Gasteiger partial charge in [-0.3, -0.25) is 9.59 Å². The van der Waals surface area contributed by atoms with Gasteiger partial charge < -0.3 is 20.1 Å². The Morgan fingerprint density at radius 3 is 1.61 bits per heavy atom. The van der Waals surface area contributed by atoms with Gasteiger partial charge in [-0.25, -0.2) is 23.9 Å². The molecule has 0 aliphatic rings. The van der Waals surface area contributed by atoms with E-state index in [0.717, 1.165) is 7.11 Å². The first-order chi connectivity index (χ1) is 17.8. The second-order valence-corrected chi connectivity index (χ2v) is 10.3. The first-order valence-corrected chi connectivity index (χ1v) is 14.2. The normalized spacial score (nSPS) is 11.8. The molecule has 2 N–H and O–H groups in total. The van der Waals surface area contributed by atoms with Crippen molar-refractivity contribution in [1.29, 1.82) is 0 Å². The Kier molecular flexibility index (Phi) is 14.6. The Labute approximate surface area is 253 Å². The number of aromatic nitrogens is 2. The van der Waals surface area contributed by atoms with Crippen LogP contribution in [0.2, 0.25) is 10.0 Å². The average Bonchev–Trinajstić information content (AvgIpc) is 2.88. The smallest absolute Gasteiger partial charge is 0.358 e. The van der Waals surface area contributed by atoms with Gasteiger partial charge in [0.25, 0.3) is 0 Å². The summed E-state index contributed by atoms with van der Waals surface area (Å²) in [5.41, 5.74) is 0.703. The lowest BCUT2D eigenvalue weighted by atomic mass is 10.2. The van der Waals surface area contributed by atoms with Crippen LogP contribution in [-0.4, -0.2) is 58.6 Å². The van der Waals surface area contributed by atoms with Crippen LogP contribution in [0.4, 0.5) is 15.8 Å². The van der Waals surface area contributed by atoms with E-state index in [2.05, 4.69) is 77.9 Å². The van der Waals surface area contributed by atoms with Gasteiger partial charge in [-0.2, -0.15) is 0 Å². The molecule has 2 rings (SSSR count). The van der Waals surface area contributed by atoms with Crippen LogP contribution in [0.5, 0.6) is 0 Å². The van der Waals surface area contributed by atoms with Crippen LogP contribution in [0.25, 0.3) is 0 Å². The van der Waals surface area contributed by atoms with Crippen molar-refractivity contribution >= 4 is 106 Å². The van der Waals surface area contributed by atoms with Crippen molar-refractivity contribution in [3.05, 3.63) is 45.0 Å². The van der Waals surface area contributed by atoms with E-state index in [1.807, 2.05) is 0 Å². The molecule has 208 valence electrons.